The monoisotopic (exact) mass is 274 g/mol. The maximum Gasteiger partial charge on any atom is 0.237 e. The molecule has 1 saturated heterocycles. The lowest BCUT2D eigenvalue weighted by molar-refractivity contribution is -0.130. The van der Waals surface area contributed by atoms with Crippen LogP contribution in [-0.4, -0.2) is 68.9 Å². The molecule has 0 saturated carbocycles. The molecule has 1 rings (SSSR count). The number of sulfone groups is 1. The van der Waals surface area contributed by atoms with Crippen LogP contribution >= 0.6 is 0 Å². The van der Waals surface area contributed by atoms with E-state index in [4.69, 9.17) is 0 Å². The zero-order valence-corrected chi connectivity index (χ0v) is 11.9. The highest BCUT2D eigenvalue weighted by molar-refractivity contribution is 7.92. The predicted molar refractivity (Wildman–Crippen MR) is 72.1 cm³/mol. The first-order valence-electron chi connectivity index (χ1n) is 6.11. The number of hydrogen-bond donors (Lipinski definition) is 0. The van der Waals surface area contributed by atoms with Gasteiger partial charge in [-0.15, -0.1) is 6.58 Å². The molecule has 0 aliphatic carbocycles. The highest BCUT2D eigenvalue weighted by atomic mass is 32.2. The third kappa shape index (κ3) is 4.42. The zero-order chi connectivity index (χ0) is 13.8. The highest BCUT2D eigenvalue weighted by Gasteiger charge is 2.26. The molecule has 0 radical (unpaired) electrons. The number of nitrogens with zero attached hydrogens (tertiary/aromatic N) is 2. The van der Waals surface area contributed by atoms with E-state index < -0.39 is 15.6 Å². The number of piperidine rings is 1. The predicted octanol–water partition coefficient (Wildman–Crippen LogP) is 0.140. The lowest BCUT2D eigenvalue weighted by atomic mass is 10.0. The average Bonchev–Trinajstić information content (AvgIpc) is 2.28. The summed E-state index contributed by atoms with van der Waals surface area (Å²) in [5, 5.41) is 0. The van der Waals surface area contributed by atoms with E-state index in [-0.39, 0.29) is 17.7 Å². The van der Waals surface area contributed by atoms with Crippen LogP contribution in [0.3, 0.4) is 0 Å². The lowest BCUT2D eigenvalue weighted by Gasteiger charge is -2.35. The Balaban J connectivity index is 2.54. The highest BCUT2D eigenvalue weighted by Crippen LogP contribution is 2.14. The summed E-state index contributed by atoms with van der Waals surface area (Å²) in [5.74, 6) is -0.867. The van der Waals surface area contributed by atoms with Gasteiger partial charge in [-0.1, -0.05) is 6.08 Å². The maximum atomic E-state index is 11.9. The van der Waals surface area contributed by atoms with Crippen molar-refractivity contribution in [2.45, 2.75) is 18.9 Å². The smallest absolute Gasteiger partial charge is 0.237 e. The fourth-order valence-electron chi connectivity index (χ4n) is 2.11. The van der Waals surface area contributed by atoms with Gasteiger partial charge in [0.15, 0.2) is 9.84 Å². The molecule has 1 fully saturated rings. The van der Waals surface area contributed by atoms with Crippen molar-refractivity contribution in [3.8, 4) is 0 Å². The SMILES string of the molecule is C=CCS(=O)(=O)CC(=O)N(C)C1CCN(C)CC1. The van der Waals surface area contributed by atoms with E-state index in [1.54, 1.807) is 11.9 Å². The Morgan fingerprint density at radius 2 is 2.00 bits per heavy atom. The van der Waals surface area contributed by atoms with Crippen molar-refractivity contribution in [1.82, 2.24) is 9.80 Å². The van der Waals surface area contributed by atoms with Crippen LogP contribution in [0.1, 0.15) is 12.8 Å². The summed E-state index contributed by atoms with van der Waals surface area (Å²) in [6.07, 6.45) is 3.12. The van der Waals surface area contributed by atoms with Gasteiger partial charge in [0.05, 0.1) is 5.75 Å². The molecule has 0 aromatic carbocycles. The Kier molecular flexibility index (Phi) is 5.34. The summed E-state index contributed by atoms with van der Waals surface area (Å²) in [6, 6.07) is 0.160. The topological polar surface area (TPSA) is 57.7 Å². The number of rotatable bonds is 5. The first kappa shape index (κ1) is 15.2. The van der Waals surface area contributed by atoms with Gasteiger partial charge in [0, 0.05) is 13.1 Å². The van der Waals surface area contributed by atoms with Gasteiger partial charge in [-0.25, -0.2) is 8.42 Å². The second-order valence-electron chi connectivity index (χ2n) is 4.88. The summed E-state index contributed by atoms with van der Waals surface area (Å²) < 4.78 is 23.1. The van der Waals surface area contributed by atoms with E-state index in [9.17, 15) is 13.2 Å². The fourth-order valence-corrected chi connectivity index (χ4v) is 3.17. The number of carbonyl (C=O) groups is 1. The van der Waals surface area contributed by atoms with Crippen molar-refractivity contribution in [3.63, 3.8) is 0 Å². The van der Waals surface area contributed by atoms with E-state index in [2.05, 4.69) is 11.5 Å². The lowest BCUT2D eigenvalue weighted by Crippen LogP contribution is -2.46. The van der Waals surface area contributed by atoms with Crippen molar-refractivity contribution >= 4 is 15.7 Å². The summed E-state index contributed by atoms with van der Waals surface area (Å²) in [4.78, 5) is 15.7. The molecule has 5 nitrogen and oxygen atoms in total. The standard InChI is InChI=1S/C12H22N2O3S/c1-4-9-18(16,17)10-12(15)14(3)11-5-7-13(2)8-6-11/h4,11H,1,5-10H2,2-3H3. The van der Waals surface area contributed by atoms with E-state index in [0.717, 1.165) is 25.9 Å². The van der Waals surface area contributed by atoms with Crippen molar-refractivity contribution in [2.24, 2.45) is 0 Å². The van der Waals surface area contributed by atoms with Crippen molar-refractivity contribution in [3.05, 3.63) is 12.7 Å². The van der Waals surface area contributed by atoms with Crippen LogP contribution in [0.25, 0.3) is 0 Å². The van der Waals surface area contributed by atoms with Crippen LogP contribution in [0, 0.1) is 0 Å². The first-order valence-corrected chi connectivity index (χ1v) is 7.93. The molecule has 1 amide bonds. The molecule has 0 N–H and O–H groups in total. The van der Waals surface area contributed by atoms with E-state index in [1.165, 1.54) is 6.08 Å². The molecule has 6 heteroatoms. The second kappa shape index (κ2) is 6.33. The van der Waals surface area contributed by atoms with Gasteiger partial charge in [-0.2, -0.15) is 0 Å². The second-order valence-corrected chi connectivity index (χ2v) is 6.99. The van der Waals surface area contributed by atoms with Gasteiger partial charge in [0.25, 0.3) is 0 Å². The number of likely N-dealkylation sites (tertiary alicyclic amines) is 1. The molecule has 0 aromatic rings. The minimum atomic E-state index is -3.35. The Morgan fingerprint density at radius 3 is 2.50 bits per heavy atom. The summed E-state index contributed by atoms with van der Waals surface area (Å²) in [6.45, 7) is 5.28. The summed E-state index contributed by atoms with van der Waals surface area (Å²) >= 11 is 0. The Bertz CT molecular complexity index is 398. The van der Waals surface area contributed by atoms with Crippen molar-refractivity contribution < 1.29 is 13.2 Å². The van der Waals surface area contributed by atoms with Gasteiger partial charge in [0.2, 0.25) is 5.91 Å². The fraction of sp³-hybridized carbons (Fsp3) is 0.750. The molecular formula is C12H22N2O3S. The number of hydrogen-bond acceptors (Lipinski definition) is 4. The third-order valence-electron chi connectivity index (χ3n) is 3.34. The van der Waals surface area contributed by atoms with Gasteiger partial charge in [-0.05, 0) is 33.0 Å². The third-order valence-corrected chi connectivity index (χ3v) is 4.77. The van der Waals surface area contributed by atoms with E-state index >= 15 is 0 Å². The number of carbonyl (C=O) groups excluding carboxylic acids is 1. The average molecular weight is 274 g/mol. The Morgan fingerprint density at radius 1 is 1.44 bits per heavy atom. The van der Waals surface area contributed by atoms with Crippen LogP contribution in [0.15, 0.2) is 12.7 Å². The van der Waals surface area contributed by atoms with Crippen LogP contribution in [0.5, 0.6) is 0 Å². The molecule has 0 aromatic heterocycles. The zero-order valence-electron chi connectivity index (χ0n) is 11.1. The molecule has 104 valence electrons. The van der Waals surface area contributed by atoms with Crippen LogP contribution < -0.4 is 0 Å². The van der Waals surface area contributed by atoms with Gasteiger partial charge in [0.1, 0.15) is 5.75 Å². The largest absolute Gasteiger partial charge is 0.342 e. The maximum absolute atomic E-state index is 11.9. The minimum absolute atomic E-state index is 0.139. The summed E-state index contributed by atoms with van der Waals surface area (Å²) in [7, 11) is 0.399. The molecular weight excluding hydrogens is 252 g/mol. The Hall–Kier alpha value is -0.880. The normalized spacial score (nSPS) is 18.6. The molecule has 0 bridgehead atoms. The van der Waals surface area contributed by atoms with Gasteiger partial charge < -0.3 is 9.80 Å². The van der Waals surface area contributed by atoms with Gasteiger partial charge >= 0.3 is 0 Å². The first-order chi connectivity index (χ1) is 8.35. The van der Waals surface area contributed by atoms with Crippen LogP contribution in [0.4, 0.5) is 0 Å². The quantitative estimate of drug-likeness (QED) is 0.669. The van der Waals surface area contributed by atoms with E-state index in [0.29, 0.717) is 0 Å². The number of amides is 1. The Labute approximate surface area is 109 Å². The minimum Gasteiger partial charge on any atom is -0.342 e. The van der Waals surface area contributed by atoms with Gasteiger partial charge in [-0.3, -0.25) is 4.79 Å². The van der Waals surface area contributed by atoms with Crippen LogP contribution in [0.2, 0.25) is 0 Å². The molecule has 0 unspecified atom stereocenters. The molecule has 18 heavy (non-hydrogen) atoms. The van der Waals surface area contributed by atoms with Crippen molar-refractivity contribution in [2.75, 3.05) is 38.7 Å². The molecule has 1 aliphatic heterocycles. The molecule has 0 atom stereocenters. The van der Waals surface area contributed by atoms with Crippen LogP contribution in [-0.2, 0) is 14.6 Å². The molecule has 1 aliphatic rings. The summed E-state index contributed by atoms with van der Waals surface area (Å²) in [5.41, 5.74) is 0. The van der Waals surface area contributed by atoms with Crippen molar-refractivity contribution in [1.29, 1.82) is 0 Å². The molecule has 0 spiro atoms. The van der Waals surface area contributed by atoms with E-state index in [1.807, 2.05) is 7.05 Å². The molecule has 1 heterocycles.